The Morgan fingerprint density at radius 3 is 2.64 bits per heavy atom. The van der Waals surface area contributed by atoms with Gasteiger partial charge in [-0.1, -0.05) is 58.8 Å². The van der Waals surface area contributed by atoms with Crippen LogP contribution in [-0.4, -0.2) is 10.5 Å². The Kier molecular flexibility index (Phi) is 3.09. The van der Waals surface area contributed by atoms with Gasteiger partial charge in [-0.25, -0.2) is 0 Å². The van der Waals surface area contributed by atoms with E-state index in [9.17, 15) is 0 Å². The van der Waals surface area contributed by atoms with E-state index in [0.29, 0.717) is 10.5 Å². The predicted octanol–water partition coefficient (Wildman–Crippen LogP) is 2.81. The quantitative estimate of drug-likeness (QED) is 0.440. The van der Waals surface area contributed by atoms with Gasteiger partial charge in [0.1, 0.15) is 0 Å². The van der Waals surface area contributed by atoms with E-state index in [1.807, 2.05) is 18.2 Å². The second-order valence-corrected chi connectivity index (χ2v) is 4.82. The largest absolute Gasteiger partial charge is 0.371 e. The molecule has 0 saturated carbocycles. The minimum atomic E-state index is 0.165. The number of terminal acetylenes is 1. The molecular weight excluding hydrogens is 287 g/mol. The standard InChI is InChI=1S/C12H11IO/c1-2-9-8-14-12(11(9)13)10-6-4-3-5-7-10/h1,3-7,9,11-12H,8H2. The molecule has 0 bridgehead atoms. The molecule has 1 heterocycles. The third kappa shape index (κ3) is 1.79. The highest BCUT2D eigenvalue weighted by atomic mass is 127. The Morgan fingerprint density at radius 2 is 2.07 bits per heavy atom. The van der Waals surface area contributed by atoms with Crippen LogP contribution in [0.2, 0.25) is 0 Å². The van der Waals surface area contributed by atoms with Crippen LogP contribution in [0, 0.1) is 18.3 Å². The van der Waals surface area contributed by atoms with Gasteiger partial charge in [0, 0.05) is 0 Å². The van der Waals surface area contributed by atoms with Crippen molar-refractivity contribution in [2.75, 3.05) is 6.61 Å². The van der Waals surface area contributed by atoms with E-state index >= 15 is 0 Å². The fourth-order valence-corrected chi connectivity index (χ4v) is 2.70. The zero-order chi connectivity index (χ0) is 9.97. The number of benzene rings is 1. The number of ether oxygens (including phenoxy) is 1. The van der Waals surface area contributed by atoms with Gasteiger partial charge in [-0.15, -0.1) is 6.42 Å². The second kappa shape index (κ2) is 4.33. The molecular formula is C12H11IO. The van der Waals surface area contributed by atoms with Crippen LogP contribution in [-0.2, 0) is 4.74 Å². The highest BCUT2D eigenvalue weighted by Crippen LogP contribution is 2.37. The van der Waals surface area contributed by atoms with Crippen LogP contribution in [0.25, 0.3) is 0 Å². The Bertz CT molecular complexity index is 341. The minimum Gasteiger partial charge on any atom is -0.371 e. The van der Waals surface area contributed by atoms with E-state index in [4.69, 9.17) is 11.2 Å². The summed E-state index contributed by atoms with van der Waals surface area (Å²) in [6.45, 7) is 0.684. The molecule has 0 aromatic heterocycles. The molecule has 14 heavy (non-hydrogen) atoms. The topological polar surface area (TPSA) is 9.23 Å². The van der Waals surface area contributed by atoms with Crippen LogP contribution in [0.4, 0.5) is 0 Å². The first kappa shape index (κ1) is 10.0. The molecule has 0 N–H and O–H groups in total. The summed E-state index contributed by atoms with van der Waals surface area (Å²) in [4.78, 5) is 0. The van der Waals surface area contributed by atoms with Gasteiger partial charge < -0.3 is 4.74 Å². The third-order valence-corrected chi connectivity index (χ3v) is 3.99. The van der Waals surface area contributed by atoms with Gasteiger partial charge in [0.05, 0.1) is 22.6 Å². The fourth-order valence-electron chi connectivity index (χ4n) is 1.67. The van der Waals surface area contributed by atoms with Crippen molar-refractivity contribution < 1.29 is 4.74 Å². The molecule has 2 heteroatoms. The molecule has 1 nitrogen and oxygen atoms in total. The predicted molar refractivity (Wildman–Crippen MR) is 65.3 cm³/mol. The normalized spacial score (nSPS) is 31.3. The Hall–Kier alpha value is -0.530. The third-order valence-electron chi connectivity index (χ3n) is 2.47. The molecule has 0 radical (unpaired) electrons. The molecule has 1 aliphatic heterocycles. The molecule has 3 atom stereocenters. The van der Waals surface area contributed by atoms with E-state index in [2.05, 4.69) is 40.6 Å². The maximum atomic E-state index is 5.70. The van der Waals surface area contributed by atoms with Gasteiger partial charge in [0.2, 0.25) is 0 Å². The molecule has 1 aromatic rings. The van der Waals surface area contributed by atoms with E-state index in [0.717, 1.165) is 0 Å². The average Bonchev–Trinajstić information content (AvgIpc) is 2.61. The lowest BCUT2D eigenvalue weighted by Crippen LogP contribution is -2.12. The van der Waals surface area contributed by atoms with Crippen LogP contribution >= 0.6 is 22.6 Å². The summed E-state index contributed by atoms with van der Waals surface area (Å²) < 4.78 is 6.09. The van der Waals surface area contributed by atoms with E-state index in [1.54, 1.807) is 0 Å². The molecule has 0 aliphatic carbocycles. The van der Waals surface area contributed by atoms with Gasteiger partial charge in [0.25, 0.3) is 0 Å². The highest BCUT2D eigenvalue weighted by Gasteiger charge is 2.34. The van der Waals surface area contributed by atoms with Crippen molar-refractivity contribution in [1.29, 1.82) is 0 Å². The summed E-state index contributed by atoms with van der Waals surface area (Å²) in [7, 11) is 0. The van der Waals surface area contributed by atoms with Crippen LogP contribution in [0.1, 0.15) is 11.7 Å². The summed E-state index contributed by atoms with van der Waals surface area (Å²) in [5.74, 6) is 3.03. The molecule has 3 unspecified atom stereocenters. The van der Waals surface area contributed by atoms with Gasteiger partial charge in [-0.05, 0) is 5.56 Å². The van der Waals surface area contributed by atoms with E-state index < -0.39 is 0 Å². The Morgan fingerprint density at radius 1 is 1.36 bits per heavy atom. The van der Waals surface area contributed by atoms with Crippen LogP contribution in [0.5, 0.6) is 0 Å². The van der Waals surface area contributed by atoms with E-state index in [-0.39, 0.29) is 12.0 Å². The van der Waals surface area contributed by atoms with E-state index in [1.165, 1.54) is 5.56 Å². The zero-order valence-electron chi connectivity index (χ0n) is 7.69. The number of hydrogen-bond donors (Lipinski definition) is 0. The van der Waals surface area contributed by atoms with Crippen molar-refractivity contribution in [2.45, 2.75) is 10.0 Å². The Balaban J connectivity index is 2.19. The lowest BCUT2D eigenvalue weighted by atomic mass is 10.0. The van der Waals surface area contributed by atoms with Crippen molar-refractivity contribution in [3.8, 4) is 12.3 Å². The highest BCUT2D eigenvalue weighted by molar-refractivity contribution is 14.1. The SMILES string of the molecule is C#CC1COC(c2ccccc2)C1I. The molecule has 72 valence electrons. The minimum absolute atomic E-state index is 0.165. The van der Waals surface area contributed by atoms with Gasteiger partial charge in [-0.2, -0.15) is 0 Å². The monoisotopic (exact) mass is 298 g/mol. The second-order valence-electron chi connectivity index (χ2n) is 3.38. The van der Waals surface area contributed by atoms with Crippen molar-refractivity contribution in [2.24, 2.45) is 5.92 Å². The van der Waals surface area contributed by atoms with Crippen molar-refractivity contribution >= 4 is 22.6 Å². The number of hydrogen-bond acceptors (Lipinski definition) is 1. The summed E-state index contributed by atoms with van der Waals surface area (Å²) in [6, 6.07) is 10.3. The molecule has 1 aliphatic rings. The lowest BCUT2D eigenvalue weighted by molar-refractivity contribution is 0.112. The molecule has 0 spiro atoms. The Labute approximate surface area is 98.0 Å². The maximum Gasteiger partial charge on any atom is 0.0955 e. The number of rotatable bonds is 1. The van der Waals surface area contributed by atoms with Gasteiger partial charge in [0.15, 0.2) is 0 Å². The first-order valence-electron chi connectivity index (χ1n) is 4.59. The summed E-state index contributed by atoms with van der Waals surface area (Å²) in [5.41, 5.74) is 1.23. The van der Waals surface area contributed by atoms with Crippen LogP contribution in [0.15, 0.2) is 30.3 Å². The fraction of sp³-hybridized carbons (Fsp3) is 0.333. The van der Waals surface area contributed by atoms with Gasteiger partial charge in [-0.3, -0.25) is 0 Å². The molecule has 0 amide bonds. The molecule has 1 aromatic carbocycles. The summed E-state index contributed by atoms with van der Waals surface area (Å²) in [5, 5.41) is 0. The van der Waals surface area contributed by atoms with Crippen molar-refractivity contribution in [3.05, 3.63) is 35.9 Å². The number of alkyl halides is 1. The smallest absolute Gasteiger partial charge is 0.0955 e. The summed E-state index contributed by atoms with van der Waals surface area (Å²) in [6.07, 6.45) is 5.59. The first-order chi connectivity index (χ1) is 6.83. The lowest BCUT2D eigenvalue weighted by Gasteiger charge is -2.14. The average molecular weight is 298 g/mol. The molecule has 2 rings (SSSR count). The molecule has 1 saturated heterocycles. The van der Waals surface area contributed by atoms with Crippen LogP contribution in [0.3, 0.4) is 0 Å². The van der Waals surface area contributed by atoms with Crippen molar-refractivity contribution in [1.82, 2.24) is 0 Å². The zero-order valence-corrected chi connectivity index (χ0v) is 9.85. The van der Waals surface area contributed by atoms with Gasteiger partial charge >= 0.3 is 0 Å². The van der Waals surface area contributed by atoms with Crippen molar-refractivity contribution in [3.63, 3.8) is 0 Å². The summed E-state index contributed by atoms with van der Waals surface area (Å²) >= 11 is 2.39. The maximum absolute atomic E-state index is 5.70. The van der Waals surface area contributed by atoms with Crippen LogP contribution < -0.4 is 0 Å². The number of halogens is 1. The first-order valence-corrected chi connectivity index (χ1v) is 5.84. The molecule has 1 fully saturated rings.